The summed E-state index contributed by atoms with van der Waals surface area (Å²) in [5, 5.41) is 9.83. The topological polar surface area (TPSA) is 38.7 Å². The van der Waals surface area contributed by atoms with Crippen LogP contribution in [0, 0.1) is 0 Å². The first kappa shape index (κ1) is 11.6. The minimum absolute atomic E-state index is 0.310. The third-order valence-corrected chi connectivity index (χ3v) is 3.50. The molecule has 0 aromatic heterocycles. The van der Waals surface area contributed by atoms with Crippen molar-refractivity contribution in [1.29, 1.82) is 0 Å². The molecule has 0 radical (unpaired) electrons. The van der Waals surface area contributed by atoms with E-state index < -0.39 is 0 Å². The van der Waals surface area contributed by atoms with Crippen molar-refractivity contribution in [2.45, 2.75) is 31.8 Å². The van der Waals surface area contributed by atoms with Crippen molar-refractivity contribution in [3.05, 3.63) is 29.8 Å². The van der Waals surface area contributed by atoms with Gasteiger partial charge in [0.15, 0.2) is 11.5 Å². The molecule has 0 amide bonds. The molecule has 1 unspecified atom stereocenters. The minimum Gasteiger partial charge on any atom is -0.486 e. The van der Waals surface area contributed by atoms with Crippen LogP contribution in [0.1, 0.15) is 31.2 Å². The van der Waals surface area contributed by atoms with Crippen LogP contribution in [0.4, 0.5) is 0 Å². The lowest BCUT2D eigenvalue weighted by Crippen LogP contribution is -2.15. The second kappa shape index (κ2) is 5.02. The van der Waals surface area contributed by atoms with E-state index in [1.165, 1.54) is 5.57 Å². The fourth-order valence-electron chi connectivity index (χ4n) is 2.55. The summed E-state index contributed by atoms with van der Waals surface area (Å²) in [7, 11) is 0. The van der Waals surface area contributed by atoms with Crippen molar-refractivity contribution in [3.63, 3.8) is 0 Å². The number of fused-ring (bicyclic) bond motifs is 1. The van der Waals surface area contributed by atoms with Crippen LogP contribution in [-0.4, -0.2) is 24.4 Å². The largest absolute Gasteiger partial charge is 0.486 e. The summed E-state index contributed by atoms with van der Waals surface area (Å²) in [6, 6.07) is 6.04. The van der Waals surface area contributed by atoms with Gasteiger partial charge in [0.2, 0.25) is 0 Å². The number of aliphatic hydroxyl groups is 1. The summed E-state index contributed by atoms with van der Waals surface area (Å²) in [5.74, 6) is 1.64. The zero-order chi connectivity index (χ0) is 12.4. The van der Waals surface area contributed by atoms with Crippen molar-refractivity contribution >= 4 is 5.57 Å². The highest BCUT2D eigenvalue weighted by Crippen LogP contribution is 2.35. The van der Waals surface area contributed by atoms with Crippen LogP contribution in [0.25, 0.3) is 5.57 Å². The molecule has 1 aliphatic heterocycles. The standard InChI is InChI=1S/C15H18O3/c16-13-4-2-1-3-11(9-13)12-5-6-14-15(10-12)18-8-7-17-14/h5-6,9-10,13,16H,1-4,7-8H2. The Morgan fingerprint density at radius 1 is 1.06 bits per heavy atom. The van der Waals surface area contributed by atoms with Gasteiger partial charge >= 0.3 is 0 Å². The monoisotopic (exact) mass is 246 g/mol. The van der Waals surface area contributed by atoms with Crippen LogP contribution in [0.2, 0.25) is 0 Å². The van der Waals surface area contributed by atoms with Crippen molar-refractivity contribution in [2.75, 3.05) is 13.2 Å². The van der Waals surface area contributed by atoms with Crippen LogP contribution < -0.4 is 9.47 Å². The van der Waals surface area contributed by atoms with E-state index in [9.17, 15) is 5.11 Å². The van der Waals surface area contributed by atoms with Gasteiger partial charge in [0, 0.05) is 0 Å². The number of allylic oxidation sites excluding steroid dienone is 1. The number of aliphatic hydroxyl groups excluding tert-OH is 1. The van der Waals surface area contributed by atoms with Crippen molar-refractivity contribution in [2.24, 2.45) is 0 Å². The van der Waals surface area contributed by atoms with E-state index in [2.05, 4.69) is 6.07 Å². The van der Waals surface area contributed by atoms with E-state index in [4.69, 9.17) is 9.47 Å². The second-order valence-electron chi connectivity index (χ2n) is 4.86. The molecule has 18 heavy (non-hydrogen) atoms. The van der Waals surface area contributed by atoms with Gasteiger partial charge in [-0.05, 0) is 42.5 Å². The lowest BCUT2D eigenvalue weighted by atomic mass is 10.0. The molecule has 96 valence electrons. The predicted molar refractivity (Wildman–Crippen MR) is 69.9 cm³/mol. The summed E-state index contributed by atoms with van der Waals surface area (Å²) in [5.41, 5.74) is 2.36. The Kier molecular flexibility index (Phi) is 3.24. The molecular formula is C15H18O3. The summed E-state index contributed by atoms with van der Waals surface area (Å²) < 4.78 is 11.1. The number of hydrogen-bond donors (Lipinski definition) is 1. The van der Waals surface area contributed by atoms with Crippen LogP contribution in [0.15, 0.2) is 24.3 Å². The van der Waals surface area contributed by atoms with Gasteiger partial charge in [0.05, 0.1) is 6.10 Å². The predicted octanol–water partition coefficient (Wildman–Crippen LogP) is 2.78. The molecule has 1 atom stereocenters. The molecule has 0 fully saturated rings. The maximum atomic E-state index is 9.83. The van der Waals surface area contributed by atoms with E-state index >= 15 is 0 Å². The Bertz CT molecular complexity index is 465. The molecule has 3 heteroatoms. The molecule has 2 aliphatic rings. The molecule has 3 nitrogen and oxygen atoms in total. The van der Waals surface area contributed by atoms with Crippen molar-refractivity contribution < 1.29 is 14.6 Å². The van der Waals surface area contributed by atoms with Crippen LogP contribution >= 0.6 is 0 Å². The second-order valence-corrected chi connectivity index (χ2v) is 4.86. The van der Waals surface area contributed by atoms with E-state index in [-0.39, 0.29) is 6.10 Å². The molecule has 1 N–H and O–H groups in total. The lowest BCUT2D eigenvalue weighted by molar-refractivity contribution is 0.171. The molecular weight excluding hydrogens is 228 g/mol. The molecule has 0 spiro atoms. The number of benzene rings is 1. The number of hydrogen-bond acceptors (Lipinski definition) is 3. The fourth-order valence-corrected chi connectivity index (χ4v) is 2.55. The van der Waals surface area contributed by atoms with Gasteiger partial charge in [-0.25, -0.2) is 0 Å². The van der Waals surface area contributed by atoms with Crippen LogP contribution in [0.5, 0.6) is 11.5 Å². The highest BCUT2D eigenvalue weighted by molar-refractivity contribution is 5.69. The molecule has 1 aromatic rings. The van der Waals surface area contributed by atoms with E-state index in [1.807, 2.05) is 18.2 Å². The average Bonchev–Trinajstić information content (AvgIpc) is 2.63. The number of ether oxygens (including phenoxy) is 2. The highest BCUT2D eigenvalue weighted by Gasteiger charge is 2.15. The molecule has 0 saturated carbocycles. The van der Waals surface area contributed by atoms with E-state index in [0.717, 1.165) is 42.7 Å². The van der Waals surface area contributed by atoms with Crippen molar-refractivity contribution in [3.8, 4) is 11.5 Å². The zero-order valence-electron chi connectivity index (χ0n) is 10.4. The van der Waals surface area contributed by atoms with Gasteiger partial charge in [-0.2, -0.15) is 0 Å². The smallest absolute Gasteiger partial charge is 0.161 e. The Balaban J connectivity index is 1.91. The molecule has 3 rings (SSSR count). The Hall–Kier alpha value is -1.48. The van der Waals surface area contributed by atoms with Crippen molar-refractivity contribution in [1.82, 2.24) is 0 Å². The average molecular weight is 246 g/mol. The first-order chi connectivity index (χ1) is 8.83. The zero-order valence-corrected chi connectivity index (χ0v) is 10.4. The highest BCUT2D eigenvalue weighted by atomic mass is 16.6. The first-order valence-electron chi connectivity index (χ1n) is 6.62. The van der Waals surface area contributed by atoms with Crippen LogP contribution in [-0.2, 0) is 0 Å². The summed E-state index contributed by atoms with van der Waals surface area (Å²) in [6.45, 7) is 1.23. The Morgan fingerprint density at radius 2 is 1.89 bits per heavy atom. The van der Waals surface area contributed by atoms with Gasteiger partial charge in [-0.1, -0.05) is 18.6 Å². The van der Waals surface area contributed by atoms with Gasteiger partial charge in [0.25, 0.3) is 0 Å². The Labute approximate surface area is 107 Å². The van der Waals surface area contributed by atoms with Gasteiger partial charge in [0.1, 0.15) is 13.2 Å². The summed E-state index contributed by atoms with van der Waals surface area (Å²) in [6.07, 6.45) is 5.79. The fraction of sp³-hybridized carbons (Fsp3) is 0.467. The maximum absolute atomic E-state index is 9.83. The molecule has 0 saturated heterocycles. The molecule has 1 aliphatic carbocycles. The third kappa shape index (κ3) is 2.36. The maximum Gasteiger partial charge on any atom is 0.161 e. The SMILES string of the molecule is OC1C=C(c2ccc3c(c2)OCCO3)CCCC1. The van der Waals surface area contributed by atoms with Gasteiger partial charge in [-0.15, -0.1) is 0 Å². The quantitative estimate of drug-likeness (QED) is 0.828. The Morgan fingerprint density at radius 3 is 2.78 bits per heavy atom. The molecule has 1 aromatic carbocycles. The normalized spacial score (nSPS) is 23.2. The minimum atomic E-state index is -0.310. The molecule has 1 heterocycles. The lowest BCUT2D eigenvalue weighted by Gasteiger charge is -2.19. The van der Waals surface area contributed by atoms with E-state index in [0.29, 0.717) is 13.2 Å². The summed E-state index contributed by atoms with van der Waals surface area (Å²) >= 11 is 0. The first-order valence-corrected chi connectivity index (χ1v) is 6.62. The molecule has 0 bridgehead atoms. The van der Waals surface area contributed by atoms with E-state index in [1.54, 1.807) is 0 Å². The third-order valence-electron chi connectivity index (χ3n) is 3.50. The number of rotatable bonds is 1. The summed E-state index contributed by atoms with van der Waals surface area (Å²) in [4.78, 5) is 0. The van der Waals surface area contributed by atoms with Gasteiger partial charge < -0.3 is 14.6 Å². The van der Waals surface area contributed by atoms with Gasteiger partial charge in [-0.3, -0.25) is 0 Å². The van der Waals surface area contributed by atoms with Crippen LogP contribution in [0.3, 0.4) is 0 Å².